The van der Waals surface area contributed by atoms with E-state index in [0.29, 0.717) is 5.69 Å². The molecule has 2 amide bonds. The van der Waals surface area contributed by atoms with Gasteiger partial charge in [0.2, 0.25) is 0 Å². The zero-order valence-electron chi connectivity index (χ0n) is 19.9. The summed E-state index contributed by atoms with van der Waals surface area (Å²) >= 11 is 0. The first-order valence-corrected chi connectivity index (χ1v) is 11.4. The number of carboxylic acid groups (broad SMARTS) is 1. The van der Waals surface area contributed by atoms with E-state index >= 15 is 0 Å². The molecule has 9 nitrogen and oxygen atoms in total. The van der Waals surface area contributed by atoms with Crippen LogP contribution in [-0.2, 0) is 23.1 Å². The summed E-state index contributed by atoms with van der Waals surface area (Å²) in [7, 11) is 3.05. The molecule has 0 saturated heterocycles. The monoisotopic (exact) mass is 476 g/mol. The maximum Gasteiger partial charge on any atom is 0.407 e. The van der Waals surface area contributed by atoms with Crippen molar-refractivity contribution in [3.05, 3.63) is 77.1 Å². The van der Waals surface area contributed by atoms with E-state index in [1.165, 1.54) is 22.7 Å². The Balaban J connectivity index is 1.36. The molecule has 1 unspecified atom stereocenters. The predicted octanol–water partition coefficient (Wildman–Crippen LogP) is 3.39. The summed E-state index contributed by atoms with van der Waals surface area (Å²) < 4.78 is 6.91. The van der Waals surface area contributed by atoms with Gasteiger partial charge in [0.1, 0.15) is 18.3 Å². The van der Waals surface area contributed by atoms with Crippen LogP contribution in [0.3, 0.4) is 0 Å². The van der Waals surface area contributed by atoms with Crippen LogP contribution in [0, 0.1) is 0 Å². The Hall–Kier alpha value is -4.14. The number of carboxylic acids is 1. The fourth-order valence-corrected chi connectivity index (χ4v) is 4.56. The number of nitrogens with zero attached hydrogens (tertiary/aromatic N) is 3. The standard InChI is InChI=1S/C26H28N4O5/c1-4-22(25(32)33)29(2)24(31)23-13-16(28-30(23)3)14-27-26(34)35-15-21-19-11-7-5-9-17(19)18-10-6-8-12-20(18)21/h5-13,21-22H,4,14-15H2,1-3H3,(H,27,34)(H,32,33). The van der Waals surface area contributed by atoms with E-state index in [-0.39, 0.29) is 31.2 Å². The number of carbonyl (C=O) groups excluding carboxylic acids is 2. The maximum atomic E-state index is 12.8. The van der Waals surface area contributed by atoms with Gasteiger partial charge in [-0.15, -0.1) is 0 Å². The number of rotatable bonds is 8. The van der Waals surface area contributed by atoms with Crippen molar-refractivity contribution in [1.29, 1.82) is 0 Å². The Morgan fingerprint density at radius 3 is 2.29 bits per heavy atom. The van der Waals surface area contributed by atoms with Gasteiger partial charge in [-0.2, -0.15) is 5.10 Å². The first-order chi connectivity index (χ1) is 16.8. The van der Waals surface area contributed by atoms with Gasteiger partial charge in [0.25, 0.3) is 5.91 Å². The topological polar surface area (TPSA) is 114 Å². The Morgan fingerprint density at radius 1 is 1.11 bits per heavy atom. The highest BCUT2D eigenvalue weighted by Crippen LogP contribution is 2.44. The molecule has 2 N–H and O–H groups in total. The molecule has 1 atom stereocenters. The molecule has 9 heteroatoms. The van der Waals surface area contributed by atoms with Gasteiger partial charge >= 0.3 is 12.1 Å². The molecule has 0 radical (unpaired) electrons. The van der Waals surface area contributed by atoms with Crippen LogP contribution >= 0.6 is 0 Å². The van der Waals surface area contributed by atoms with Crippen LogP contribution in [0.15, 0.2) is 54.6 Å². The average molecular weight is 477 g/mol. The van der Waals surface area contributed by atoms with Gasteiger partial charge in [-0.3, -0.25) is 9.48 Å². The van der Waals surface area contributed by atoms with Crippen LogP contribution < -0.4 is 5.32 Å². The highest BCUT2D eigenvalue weighted by molar-refractivity contribution is 5.95. The molecule has 0 aliphatic heterocycles. The number of likely N-dealkylation sites (N-methyl/N-ethyl adjacent to an activating group) is 1. The van der Waals surface area contributed by atoms with E-state index in [9.17, 15) is 19.5 Å². The number of hydrogen-bond acceptors (Lipinski definition) is 5. The third-order valence-electron chi connectivity index (χ3n) is 6.37. The molecule has 0 fully saturated rings. The van der Waals surface area contributed by atoms with Gasteiger partial charge in [-0.05, 0) is 34.7 Å². The number of aliphatic carboxylic acids is 1. The molecular formula is C26H28N4O5. The minimum atomic E-state index is -1.07. The van der Waals surface area contributed by atoms with Crippen molar-refractivity contribution in [3.63, 3.8) is 0 Å². The van der Waals surface area contributed by atoms with Gasteiger partial charge in [0.15, 0.2) is 0 Å². The van der Waals surface area contributed by atoms with Gasteiger partial charge in [-0.25, -0.2) is 9.59 Å². The highest BCUT2D eigenvalue weighted by atomic mass is 16.5. The third-order valence-corrected chi connectivity index (χ3v) is 6.37. The molecule has 0 saturated carbocycles. The number of aryl methyl sites for hydroxylation is 1. The number of ether oxygens (including phenoxy) is 1. The van der Waals surface area contributed by atoms with Crippen LogP contribution in [0.25, 0.3) is 11.1 Å². The molecule has 35 heavy (non-hydrogen) atoms. The molecule has 0 bridgehead atoms. The van der Waals surface area contributed by atoms with Crippen LogP contribution in [0.2, 0.25) is 0 Å². The molecule has 182 valence electrons. The summed E-state index contributed by atoms with van der Waals surface area (Å²) in [5, 5.41) is 16.3. The van der Waals surface area contributed by atoms with Crippen molar-refractivity contribution in [1.82, 2.24) is 20.0 Å². The van der Waals surface area contributed by atoms with Crippen molar-refractivity contribution in [2.24, 2.45) is 7.05 Å². The van der Waals surface area contributed by atoms with E-state index < -0.39 is 24.0 Å². The number of carbonyl (C=O) groups is 3. The van der Waals surface area contributed by atoms with Crippen LogP contribution in [0.1, 0.15) is 46.6 Å². The van der Waals surface area contributed by atoms with Crippen LogP contribution in [0.5, 0.6) is 0 Å². The minimum absolute atomic E-state index is 0.0384. The first kappa shape index (κ1) is 24.0. The molecule has 1 aliphatic carbocycles. The molecule has 3 aromatic rings. The van der Waals surface area contributed by atoms with Crippen molar-refractivity contribution >= 4 is 18.0 Å². The number of aromatic nitrogens is 2. The Labute approximate surface area is 203 Å². The third kappa shape index (κ3) is 4.75. The molecular weight excluding hydrogens is 448 g/mol. The largest absolute Gasteiger partial charge is 0.480 e. The van der Waals surface area contributed by atoms with Gasteiger partial charge in [-0.1, -0.05) is 55.5 Å². The van der Waals surface area contributed by atoms with Gasteiger partial charge < -0.3 is 20.1 Å². The number of amides is 2. The second-order valence-corrected chi connectivity index (χ2v) is 8.50. The number of benzene rings is 2. The molecule has 4 rings (SSSR count). The lowest BCUT2D eigenvalue weighted by molar-refractivity contribution is -0.142. The average Bonchev–Trinajstić information content (AvgIpc) is 3.38. The van der Waals surface area contributed by atoms with Gasteiger partial charge in [0.05, 0.1) is 12.2 Å². The van der Waals surface area contributed by atoms with Gasteiger partial charge in [0, 0.05) is 20.0 Å². The Morgan fingerprint density at radius 2 is 1.71 bits per heavy atom. The van der Waals surface area contributed by atoms with Crippen LogP contribution in [0.4, 0.5) is 4.79 Å². The smallest absolute Gasteiger partial charge is 0.407 e. The molecule has 1 aromatic heterocycles. The summed E-state index contributed by atoms with van der Waals surface area (Å²) in [6.07, 6.45) is -0.301. The van der Waals surface area contributed by atoms with Crippen LogP contribution in [-0.4, -0.2) is 57.5 Å². The quantitative estimate of drug-likeness (QED) is 0.515. The van der Waals surface area contributed by atoms with E-state index in [4.69, 9.17) is 4.74 Å². The second-order valence-electron chi connectivity index (χ2n) is 8.50. The minimum Gasteiger partial charge on any atom is -0.480 e. The molecule has 0 spiro atoms. The van der Waals surface area contributed by atoms with Crippen molar-refractivity contribution < 1.29 is 24.2 Å². The lowest BCUT2D eigenvalue weighted by Crippen LogP contribution is -2.42. The van der Waals surface area contributed by atoms with E-state index in [2.05, 4.69) is 34.7 Å². The van der Waals surface area contributed by atoms with E-state index in [0.717, 1.165) is 22.3 Å². The number of fused-ring (bicyclic) bond motifs is 3. The maximum absolute atomic E-state index is 12.8. The predicted molar refractivity (Wildman–Crippen MR) is 129 cm³/mol. The Bertz CT molecular complexity index is 1220. The summed E-state index contributed by atoms with van der Waals surface area (Å²) in [5.74, 6) is -1.56. The van der Waals surface area contributed by atoms with Crippen molar-refractivity contribution in [2.75, 3.05) is 13.7 Å². The zero-order chi connectivity index (χ0) is 25.1. The highest BCUT2D eigenvalue weighted by Gasteiger charge is 2.29. The summed E-state index contributed by atoms with van der Waals surface area (Å²) in [6.45, 7) is 1.97. The number of nitrogens with one attached hydrogen (secondary N) is 1. The summed E-state index contributed by atoms with van der Waals surface area (Å²) in [5.41, 5.74) is 5.26. The van der Waals surface area contributed by atoms with Crippen molar-refractivity contribution in [2.45, 2.75) is 31.8 Å². The molecule has 1 heterocycles. The first-order valence-electron chi connectivity index (χ1n) is 11.4. The Kier molecular flexibility index (Phi) is 6.86. The van der Waals surface area contributed by atoms with E-state index in [1.54, 1.807) is 14.0 Å². The number of hydrogen-bond donors (Lipinski definition) is 2. The number of alkyl carbamates (subject to hydrolysis) is 1. The fraction of sp³-hybridized carbons (Fsp3) is 0.308. The second kappa shape index (κ2) is 10.0. The van der Waals surface area contributed by atoms with Crippen molar-refractivity contribution in [3.8, 4) is 11.1 Å². The zero-order valence-corrected chi connectivity index (χ0v) is 19.9. The lowest BCUT2D eigenvalue weighted by Gasteiger charge is -2.23. The summed E-state index contributed by atoms with van der Waals surface area (Å²) in [6, 6.07) is 16.8. The van der Waals surface area contributed by atoms with E-state index in [1.807, 2.05) is 24.3 Å². The SMILES string of the molecule is CCC(C(=O)O)N(C)C(=O)c1cc(CNC(=O)OCC2c3ccccc3-c3ccccc32)nn1C. The molecule has 1 aliphatic rings. The fourth-order valence-electron chi connectivity index (χ4n) is 4.56. The molecule has 2 aromatic carbocycles. The lowest BCUT2D eigenvalue weighted by atomic mass is 9.98. The summed E-state index contributed by atoms with van der Waals surface area (Å²) in [4.78, 5) is 37.8. The normalized spacial score (nSPS) is 13.0.